The van der Waals surface area contributed by atoms with Gasteiger partial charge in [-0.3, -0.25) is 4.79 Å². The van der Waals surface area contributed by atoms with E-state index in [4.69, 9.17) is 4.74 Å². The maximum Gasteiger partial charge on any atom is 0.258 e. The van der Waals surface area contributed by atoms with Crippen LogP contribution in [-0.2, 0) is 17.6 Å². The fourth-order valence-corrected chi connectivity index (χ4v) is 3.68. The molecule has 1 aliphatic carbocycles. The number of hydrogen-bond donors (Lipinski definition) is 1. The number of rotatable bonds is 5. The molecule has 0 aromatic heterocycles. The number of aryl methyl sites for hydroxylation is 4. The van der Waals surface area contributed by atoms with Gasteiger partial charge in [-0.15, -0.1) is 0 Å². The van der Waals surface area contributed by atoms with Gasteiger partial charge in [0.25, 0.3) is 5.91 Å². The van der Waals surface area contributed by atoms with Gasteiger partial charge in [0.15, 0.2) is 6.61 Å². The lowest BCUT2D eigenvalue weighted by Gasteiger charge is -2.20. The minimum Gasteiger partial charge on any atom is -0.483 e. The second-order valence-corrected chi connectivity index (χ2v) is 7.52. The zero-order chi connectivity index (χ0) is 18.7. The molecule has 0 aliphatic heterocycles. The maximum absolute atomic E-state index is 12.3. The summed E-state index contributed by atoms with van der Waals surface area (Å²) < 4.78 is 5.78. The van der Waals surface area contributed by atoms with Crippen LogP contribution in [0.5, 0.6) is 5.75 Å². The molecule has 3 rings (SSSR count). The number of hydrogen-bond acceptors (Lipinski definition) is 2. The molecule has 0 saturated carbocycles. The molecule has 0 saturated heterocycles. The smallest absolute Gasteiger partial charge is 0.258 e. The molecule has 1 N–H and O–H groups in total. The number of ether oxygens (including phenoxy) is 1. The summed E-state index contributed by atoms with van der Waals surface area (Å²) in [7, 11) is 0. The largest absolute Gasteiger partial charge is 0.483 e. The number of carbonyl (C=O) groups excluding carboxylic acids is 1. The number of amides is 1. The second kappa shape index (κ2) is 7.94. The minimum atomic E-state index is -0.0891. The Morgan fingerprint density at radius 1 is 1.08 bits per heavy atom. The van der Waals surface area contributed by atoms with Gasteiger partial charge < -0.3 is 10.1 Å². The quantitative estimate of drug-likeness (QED) is 0.844. The summed E-state index contributed by atoms with van der Waals surface area (Å²) in [6, 6.07) is 10.7. The summed E-state index contributed by atoms with van der Waals surface area (Å²) in [6.07, 6.45) is 4.88. The van der Waals surface area contributed by atoms with Gasteiger partial charge >= 0.3 is 0 Å². The van der Waals surface area contributed by atoms with Crippen LogP contribution in [0, 0.1) is 20.8 Å². The van der Waals surface area contributed by atoms with Crippen LogP contribution in [0.15, 0.2) is 30.3 Å². The zero-order valence-electron chi connectivity index (χ0n) is 16.3. The van der Waals surface area contributed by atoms with Crippen molar-refractivity contribution in [3.63, 3.8) is 0 Å². The van der Waals surface area contributed by atoms with Gasteiger partial charge in [-0.05, 0) is 92.8 Å². The molecule has 0 fully saturated rings. The maximum atomic E-state index is 12.3. The van der Waals surface area contributed by atoms with Gasteiger partial charge in [-0.1, -0.05) is 24.3 Å². The topological polar surface area (TPSA) is 38.3 Å². The fraction of sp³-hybridized carbons (Fsp3) is 0.435. The van der Waals surface area contributed by atoms with E-state index in [1.807, 2.05) is 26.8 Å². The second-order valence-electron chi connectivity index (χ2n) is 7.52. The Bertz CT molecular complexity index is 810. The molecular formula is C23H29NO2. The molecule has 1 atom stereocenters. The first kappa shape index (κ1) is 18.5. The highest BCUT2D eigenvalue weighted by Gasteiger charge is 2.15. The van der Waals surface area contributed by atoms with Crippen LogP contribution in [0.4, 0.5) is 0 Å². The van der Waals surface area contributed by atoms with Crippen LogP contribution >= 0.6 is 0 Å². The average Bonchev–Trinajstić information content (AvgIpc) is 2.63. The third-order valence-electron chi connectivity index (χ3n) is 5.37. The summed E-state index contributed by atoms with van der Waals surface area (Å²) in [4.78, 5) is 12.3. The molecule has 0 spiro atoms. The Labute approximate surface area is 156 Å². The van der Waals surface area contributed by atoms with Crippen LogP contribution in [-0.4, -0.2) is 12.5 Å². The van der Waals surface area contributed by atoms with E-state index in [1.165, 1.54) is 41.5 Å². The fourth-order valence-electron chi connectivity index (χ4n) is 3.68. The van der Waals surface area contributed by atoms with Gasteiger partial charge in [0.05, 0.1) is 6.04 Å². The van der Waals surface area contributed by atoms with Crippen molar-refractivity contribution < 1.29 is 9.53 Å². The van der Waals surface area contributed by atoms with E-state index in [0.717, 1.165) is 23.3 Å². The third-order valence-corrected chi connectivity index (χ3v) is 5.37. The van der Waals surface area contributed by atoms with E-state index in [2.05, 4.69) is 36.5 Å². The van der Waals surface area contributed by atoms with Crippen LogP contribution in [0.1, 0.15) is 59.2 Å². The van der Waals surface area contributed by atoms with Crippen molar-refractivity contribution in [1.29, 1.82) is 0 Å². The third kappa shape index (κ3) is 4.27. The Morgan fingerprint density at radius 2 is 1.81 bits per heavy atom. The summed E-state index contributed by atoms with van der Waals surface area (Å²) >= 11 is 0. The lowest BCUT2D eigenvalue weighted by Crippen LogP contribution is -2.31. The van der Waals surface area contributed by atoms with Crippen LogP contribution in [0.3, 0.4) is 0 Å². The molecule has 0 radical (unpaired) electrons. The SMILES string of the molecule is Cc1cc(C)c(C)c(OCC(=O)NC(C)c2ccc3c(c2)CCCC3)c1. The van der Waals surface area contributed by atoms with Gasteiger partial charge in [0.2, 0.25) is 0 Å². The van der Waals surface area contributed by atoms with Crippen molar-refractivity contribution in [2.24, 2.45) is 0 Å². The van der Waals surface area contributed by atoms with Crippen molar-refractivity contribution in [3.05, 3.63) is 63.7 Å². The van der Waals surface area contributed by atoms with Crippen molar-refractivity contribution in [1.82, 2.24) is 5.32 Å². The molecule has 138 valence electrons. The standard InChI is InChI=1S/C23H29NO2/c1-15-11-16(2)17(3)22(12-15)26-14-23(25)24-18(4)20-10-9-19-7-5-6-8-21(19)13-20/h9-13,18H,5-8,14H2,1-4H3,(H,24,25). The predicted molar refractivity (Wildman–Crippen MR) is 106 cm³/mol. The van der Waals surface area contributed by atoms with Crippen molar-refractivity contribution in [2.45, 2.75) is 59.4 Å². The summed E-state index contributed by atoms with van der Waals surface area (Å²) in [5.41, 5.74) is 7.49. The van der Waals surface area contributed by atoms with Crippen LogP contribution < -0.4 is 10.1 Å². The van der Waals surface area contributed by atoms with Crippen LogP contribution in [0.2, 0.25) is 0 Å². The zero-order valence-corrected chi connectivity index (χ0v) is 16.3. The first-order valence-corrected chi connectivity index (χ1v) is 9.56. The predicted octanol–water partition coefficient (Wildman–Crippen LogP) is 4.75. The van der Waals surface area contributed by atoms with E-state index >= 15 is 0 Å². The van der Waals surface area contributed by atoms with Crippen molar-refractivity contribution in [2.75, 3.05) is 6.61 Å². The Hall–Kier alpha value is -2.29. The Morgan fingerprint density at radius 3 is 2.58 bits per heavy atom. The van der Waals surface area contributed by atoms with Gasteiger partial charge in [0.1, 0.15) is 5.75 Å². The molecule has 2 aromatic rings. The molecular weight excluding hydrogens is 322 g/mol. The number of fused-ring (bicyclic) bond motifs is 1. The average molecular weight is 351 g/mol. The lowest BCUT2D eigenvalue weighted by atomic mass is 9.89. The van der Waals surface area contributed by atoms with Gasteiger partial charge in [-0.2, -0.15) is 0 Å². The molecule has 0 bridgehead atoms. The molecule has 1 amide bonds. The molecule has 3 nitrogen and oxygen atoms in total. The van der Waals surface area contributed by atoms with Gasteiger partial charge in [-0.25, -0.2) is 0 Å². The van der Waals surface area contributed by atoms with Crippen molar-refractivity contribution in [3.8, 4) is 5.75 Å². The van der Waals surface area contributed by atoms with Crippen molar-refractivity contribution >= 4 is 5.91 Å². The van der Waals surface area contributed by atoms with E-state index in [-0.39, 0.29) is 18.6 Å². The van der Waals surface area contributed by atoms with Gasteiger partial charge in [0, 0.05) is 0 Å². The molecule has 26 heavy (non-hydrogen) atoms. The van der Waals surface area contributed by atoms with E-state index in [0.29, 0.717) is 0 Å². The first-order valence-electron chi connectivity index (χ1n) is 9.56. The summed E-state index contributed by atoms with van der Waals surface area (Å²) in [6.45, 7) is 8.20. The molecule has 1 aliphatic rings. The lowest BCUT2D eigenvalue weighted by molar-refractivity contribution is -0.123. The molecule has 0 heterocycles. The Balaban J connectivity index is 1.60. The number of carbonyl (C=O) groups is 1. The highest BCUT2D eigenvalue weighted by atomic mass is 16.5. The number of benzene rings is 2. The van der Waals surface area contributed by atoms with E-state index in [9.17, 15) is 4.79 Å². The normalized spacial score (nSPS) is 14.5. The van der Waals surface area contributed by atoms with E-state index < -0.39 is 0 Å². The summed E-state index contributed by atoms with van der Waals surface area (Å²) in [5, 5.41) is 3.06. The highest BCUT2D eigenvalue weighted by molar-refractivity contribution is 5.78. The Kier molecular flexibility index (Phi) is 5.65. The monoisotopic (exact) mass is 351 g/mol. The molecule has 3 heteroatoms. The van der Waals surface area contributed by atoms with Crippen LogP contribution in [0.25, 0.3) is 0 Å². The highest BCUT2D eigenvalue weighted by Crippen LogP contribution is 2.25. The molecule has 2 aromatic carbocycles. The number of nitrogens with one attached hydrogen (secondary N) is 1. The molecule has 1 unspecified atom stereocenters. The van der Waals surface area contributed by atoms with E-state index in [1.54, 1.807) is 0 Å². The first-order chi connectivity index (χ1) is 12.4. The minimum absolute atomic E-state index is 0.0151. The summed E-state index contributed by atoms with van der Waals surface area (Å²) in [5.74, 6) is 0.702.